The van der Waals surface area contributed by atoms with Crippen molar-refractivity contribution in [2.45, 2.75) is 179 Å². The highest BCUT2D eigenvalue weighted by molar-refractivity contribution is 5.73. The predicted octanol–water partition coefficient (Wildman–Crippen LogP) is 3.04. The van der Waals surface area contributed by atoms with Gasteiger partial charge >= 0.3 is 5.97 Å². The molecule has 0 aromatic heterocycles. The molecule has 4 rings (SSSR count). The topological polar surface area (TPSA) is 163 Å². The van der Waals surface area contributed by atoms with Gasteiger partial charge in [-0.1, -0.05) is 20.8 Å². The number of hydrogen-bond acceptors (Lipinski definition) is 12. The van der Waals surface area contributed by atoms with Gasteiger partial charge in [-0.2, -0.15) is 0 Å². The van der Waals surface area contributed by atoms with Crippen molar-refractivity contribution in [2.24, 2.45) is 17.8 Å². The first-order valence-electron chi connectivity index (χ1n) is 19.8. The SMILES string of the molecule is C#CC[N+](C)(CC#C)[C@H]1C[C@@H](C)O[C@@H](O[C@@H]2[C@@H](C)[C@H](O[C@H]3C[C@@](C)(OC)[C@@H](O)[C@H](C)O3)[C@@H](C)C(=O)O[C@H](CC)[C@@](C)(O)[C@H](O)[C@@H](C)C3=C(C)C[C@@]2(C)O3)[C@@H]1O. The third-order valence-electron chi connectivity index (χ3n) is 13.0. The van der Waals surface area contributed by atoms with Gasteiger partial charge < -0.3 is 58.1 Å². The molecule has 0 radical (unpaired) electrons. The Morgan fingerprint density at radius 2 is 1.58 bits per heavy atom. The molecule has 2 bridgehead atoms. The van der Waals surface area contributed by atoms with Gasteiger partial charge in [0.1, 0.15) is 54.4 Å². The summed E-state index contributed by atoms with van der Waals surface area (Å²) in [7, 11) is 3.44. The highest BCUT2D eigenvalue weighted by Crippen LogP contribution is 2.47. The minimum absolute atomic E-state index is 0.143. The van der Waals surface area contributed by atoms with Crippen molar-refractivity contribution in [3.8, 4) is 24.7 Å². The average Bonchev–Trinajstić information content (AvgIpc) is 3.44. The van der Waals surface area contributed by atoms with Gasteiger partial charge in [-0.3, -0.25) is 4.79 Å². The van der Waals surface area contributed by atoms with E-state index in [1.165, 1.54) is 14.0 Å². The minimum atomic E-state index is -1.85. The van der Waals surface area contributed by atoms with Gasteiger partial charge in [0, 0.05) is 38.2 Å². The summed E-state index contributed by atoms with van der Waals surface area (Å²) < 4.78 is 45.2. The summed E-state index contributed by atoms with van der Waals surface area (Å²) in [5.41, 5.74) is -3.17. The van der Waals surface area contributed by atoms with E-state index in [4.69, 9.17) is 46.0 Å². The van der Waals surface area contributed by atoms with Crippen molar-refractivity contribution < 1.29 is 62.9 Å². The van der Waals surface area contributed by atoms with E-state index < -0.39 is 102 Å². The largest absolute Gasteiger partial charge is 0.489 e. The van der Waals surface area contributed by atoms with E-state index in [1.54, 1.807) is 34.6 Å². The van der Waals surface area contributed by atoms with E-state index in [2.05, 4.69) is 11.8 Å². The minimum Gasteiger partial charge on any atom is -0.489 e. The molecular formula is C42H68NO12+. The standard InChI is InChI=1S/C42H68NO12/c1-15-18-43(13,19-16-2)29-20-24(5)50-39(32(29)44)54-37-26(7)34(53-31-22-40(10,49-14)36(46)28(9)51-31)27(8)38(47)52-30(17-3)42(12,48)35(45)25(6)33-23(4)21-41(37,11)55-33/h1-2,24-32,34-37,39,44-46,48H,17-22H2,3-14H3/q+1/t24-,25+,26+,27-,28+,29+,30-,31+,32-,34+,35-,36+,37-,39+,40-,41-,42-/m1/s1. The van der Waals surface area contributed by atoms with Crippen LogP contribution in [0.5, 0.6) is 0 Å². The number of aliphatic hydroxyl groups excluding tert-OH is 3. The molecule has 3 fully saturated rings. The Balaban J connectivity index is 1.86. The van der Waals surface area contributed by atoms with Gasteiger partial charge in [0.05, 0.1) is 43.0 Å². The number of likely N-dealkylation sites (N-methyl/N-ethyl adjacent to an activating group) is 1. The number of methoxy groups -OCH3 is 1. The van der Waals surface area contributed by atoms with Crippen LogP contribution in [-0.2, 0) is 38.0 Å². The zero-order valence-electron chi connectivity index (χ0n) is 35.0. The van der Waals surface area contributed by atoms with Crippen LogP contribution >= 0.6 is 0 Å². The molecule has 0 aliphatic carbocycles. The fraction of sp³-hybridized carbons (Fsp3) is 0.833. The van der Waals surface area contributed by atoms with Crippen LogP contribution < -0.4 is 0 Å². The summed E-state index contributed by atoms with van der Waals surface area (Å²) in [6.45, 7) is 18.4. The summed E-state index contributed by atoms with van der Waals surface area (Å²) in [6.07, 6.45) is 3.25. The third-order valence-corrected chi connectivity index (χ3v) is 13.0. The second-order valence-corrected chi connectivity index (χ2v) is 17.6. The fourth-order valence-electron chi connectivity index (χ4n) is 9.54. The summed E-state index contributed by atoms with van der Waals surface area (Å²) >= 11 is 0. The smallest absolute Gasteiger partial charge is 0.311 e. The number of cyclic esters (lactones) is 1. The van der Waals surface area contributed by atoms with E-state index in [9.17, 15) is 25.2 Å². The van der Waals surface area contributed by atoms with Crippen molar-refractivity contribution in [3.05, 3.63) is 11.3 Å². The number of carbonyl (C=O) groups is 1. The molecule has 55 heavy (non-hydrogen) atoms. The van der Waals surface area contributed by atoms with Gasteiger partial charge in [-0.25, -0.2) is 0 Å². The van der Waals surface area contributed by atoms with Crippen LogP contribution in [0.15, 0.2) is 11.3 Å². The number of aliphatic hydroxyl groups is 4. The molecule has 0 aromatic carbocycles. The molecule has 0 amide bonds. The number of nitrogens with zero attached hydrogens (tertiary/aromatic N) is 1. The van der Waals surface area contributed by atoms with Crippen molar-refractivity contribution in [1.29, 1.82) is 0 Å². The molecule has 0 spiro atoms. The van der Waals surface area contributed by atoms with Crippen molar-refractivity contribution in [3.63, 3.8) is 0 Å². The Kier molecular flexibility index (Phi) is 14.3. The number of rotatable bonds is 9. The zero-order chi connectivity index (χ0) is 41.4. The molecule has 13 heteroatoms. The van der Waals surface area contributed by atoms with Crippen molar-refractivity contribution in [1.82, 2.24) is 0 Å². The summed E-state index contributed by atoms with van der Waals surface area (Å²) in [5, 5.41) is 46.6. The third kappa shape index (κ3) is 8.92. The number of hydrogen-bond donors (Lipinski definition) is 4. The van der Waals surface area contributed by atoms with Crippen LogP contribution in [-0.4, -0.2) is 142 Å². The Morgan fingerprint density at radius 1 is 0.964 bits per heavy atom. The normalized spacial score (nSPS) is 46.0. The Morgan fingerprint density at radius 3 is 2.15 bits per heavy atom. The van der Waals surface area contributed by atoms with Crippen LogP contribution in [0.2, 0.25) is 0 Å². The van der Waals surface area contributed by atoms with Crippen LogP contribution in [0.3, 0.4) is 0 Å². The van der Waals surface area contributed by atoms with Gasteiger partial charge in [-0.05, 0) is 72.3 Å². The van der Waals surface area contributed by atoms with E-state index >= 15 is 0 Å². The van der Waals surface area contributed by atoms with E-state index in [0.29, 0.717) is 18.6 Å². The maximum absolute atomic E-state index is 14.2. The predicted molar refractivity (Wildman–Crippen MR) is 204 cm³/mol. The second-order valence-electron chi connectivity index (χ2n) is 17.6. The number of quaternary nitrogens is 1. The number of terminal acetylenes is 2. The van der Waals surface area contributed by atoms with E-state index in [1.807, 2.05) is 34.7 Å². The number of ether oxygens (including phenoxy) is 7. The number of esters is 1. The van der Waals surface area contributed by atoms with Crippen LogP contribution in [0.1, 0.15) is 94.9 Å². The molecule has 0 saturated carbocycles. The lowest BCUT2D eigenvalue weighted by Gasteiger charge is -2.50. The number of fused-ring (bicyclic) bond motifs is 2. The molecular weight excluding hydrogens is 710 g/mol. The Hall–Kier alpha value is -2.27. The fourth-order valence-corrected chi connectivity index (χ4v) is 9.54. The molecule has 4 aliphatic heterocycles. The maximum Gasteiger partial charge on any atom is 0.311 e. The molecule has 17 atom stereocenters. The average molecular weight is 779 g/mol. The molecule has 312 valence electrons. The van der Waals surface area contributed by atoms with E-state index in [0.717, 1.165) is 5.57 Å². The molecule has 4 heterocycles. The molecule has 4 N–H and O–H groups in total. The lowest BCUT2D eigenvalue weighted by molar-refractivity contribution is -0.927. The number of carbonyl (C=O) groups excluding carboxylic acids is 1. The molecule has 0 unspecified atom stereocenters. The van der Waals surface area contributed by atoms with Crippen LogP contribution in [0.4, 0.5) is 0 Å². The Bertz CT molecular complexity index is 1450. The van der Waals surface area contributed by atoms with Crippen LogP contribution in [0.25, 0.3) is 0 Å². The van der Waals surface area contributed by atoms with Crippen LogP contribution in [0, 0.1) is 42.4 Å². The second kappa shape index (κ2) is 17.3. The zero-order valence-corrected chi connectivity index (χ0v) is 35.0. The van der Waals surface area contributed by atoms with Crippen molar-refractivity contribution in [2.75, 3.05) is 27.2 Å². The van der Waals surface area contributed by atoms with Gasteiger partial charge in [-0.15, -0.1) is 12.8 Å². The molecule has 13 nitrogen and oxygen atoms in total. The highest BCUT2D eigenvalue weighted by atomic mass is 16.7. The lowest BCUT2D eigenvalue weighted by Crippen LogP contribution is -2.65. The summed E-state index contributed by atoms with van der Waals surface area (Å²) in [5.74, 6) is 2.91. The van der Waals surface area contributed by atoms with Gasteiger partial charge in [0.25, 0.3) is 0 Å². The summed E-state index contributed by atoms with van der Waals surface area (Å²) in [6, 6.07) is -0.432. The van der Waals surface area contributed by atoms with Gasteiger partial charge in [0.15, 0.2) is 18.7 Å². The first kappa shape index (κ1) is 45.4. The monoisotopic (exact) mass is 778 g/mol. The lowest BCUT2D eigenvalue weighted by atomic mass is 9.78. The quantitative estimate of drug-likeness (QED) is 0.154. The maximum atomic E-state index is 14.2. The highest BCUT2D eigenvalue weighted by Gasteiger charge is 2.57. The molecule has 4 aliphatic rings. The van der Waals surface area contributed by atoms with Gasteiger partial charge in [0.2, 0.25) is 0 Å². The Labute approximate surface area is 328 Å². The van der Waals surface area contributed by atoms with Crippen molar-refractivity contribution >= 4 is 5.97 Å². The first-order chi connectivity index (χ1) is 25.5. The molecule has 0 aromatic rings. The molecule has 3 saturated heterocycles. The van der Waals surface area contributed by atoms with E-state index in [-0.39, 0.29) is 36.5 Å². The first-order valence-corrected chi connectivity index (χ1v) is 19.8. The summed E-state index contributed by atoms with van der Waals surface area (Å²) in [4.78, 5) is 14.2.